The van der Waals surface area contributed by atoms with Crippen molar-refractivity contribution in [3.63, 3.8) is 0 Å². The fraction of sp³-hybridized carbons (Fsp3) is 0.364. The van der Waals surface area contributed by atoms with Crippen molar-refractivity contribution < 1.29 is 14.3 Å². The van der Waals surface area contributed by atoms with Gasteiger partial charge < -0.3 is 15.0 Å². The second-order valence-electron chi connectivity index (χ2n) is 6.66. The van der Waals surface area contributed by atoms with E-state index in [1.165, 1.54) is 0 Å². The summed E-state index contributed by atoms with van der Waals surface area (Å²) in [4.78, 5) is 27.0. The van der Waals surface area contributed by atoms with Gasteiger partial charge in [0, 0.05) is 16.7 Å². The molecule has 6 heteroatoms. The summed E-state index contributed by atoms with van der Waals surface area (Å²) in [5.41, 5.74) is 2.10. The fourth-order valence-corrected chi connectivity index (χ4v) is 3.07. The topological polar surface area (TPSA) is 58.6 Å². The van der Waals surface area contributed by atoms with E-state index < -0.39 is 6.04 Å². The van der Waals surface area contributed by atoms with E-state index in [0.29, 0.717) is 18.8 Å². The molecule has 0 radical (unpaired) electrons. The number of halogens is 1. The van der Waals surface area contributed by atoms with Crippen LogP contribution in [0.2, 0.25) is 0 Å². The lowest BCUT2D eigenvalue weighted by atomic mass is 10.1. The van der Waals surface area contributed by atoms with Gasteiger partial charge in [-0.25, -0.2) is 0 Å². The summed E-state index contributed by atoms with van der Waals surface area (Å²) in [7, 11) is 0. The molecular weight excluding hydrogens is 467 g/mol. The van der Waals surface area contributed by atoms with Crippen LogP contribution in [0, 0.1) is 10.5 Å². The van der Waals surface area contributed by atoms with Gasteiger partial charge >= 0.3 is 0 Å². The Morgan fingerprint density at radius 3 is 2.46 bits per heavy atom. The molecule has 0 bridgehead atoms. The molecule has 0 aromatic heterocycles. The van der Waals surface area contributed by atoms with Crippen molar-refractivity contribution in [1.82, 2.24) is 10.2 Å². The van der Waals surface area contributed by atoms with Crippen molar-refractivity contribution >= 4 is 34.4 Å². The number of carbonyl (C=O) groups excluding carboxylic acids is 2. The number of benzene rings is 2. The van der Waals surface area contributed by atoms with Gasteiger partial charge in [-0.05, 0) is 78.3 Å². The predicted molar refractivity (Wildman–Crippen MR) is 119 cm³/mol. The molecule has 0 heterocycles. The molecule has 0 saturated carbocycles. The number of nitrogens with zero attached hydrogens (tertiary/aromatic N) is 1. The summed E-state index contributed by atoms with van der Waals surface area (Å²) >= 11 is 2.22. The Morgan fingerprint density at radius 1 is 1.14 bits per heavy atom. The van der Waals surface area contributed by atoms with Crippen LogP contribution in [0.4, 0.5) is 0 Å². The van der Waals surface area contributed by atoms with Crippen LogP contribution in [0.3, 0.4) is 0 Å². The zero-order valence-corrected chi connectivity index (χ0v) is 18.7. The van der Waals surface area contributed by atoms with E-state index in [4.69, 9.17) is 4.74 Å². The molecule has 0 aliphatic carbocycles. The molecule has 150 valence electrons. The van der Waals surface area contributed by atoms with E-state index in [1.807, 2.05) is 62.4 Å². The molecule has 2 aromatic rings. The average Bonchev–Trinajstić information content (AvgIpc) is 2.70. The maximum Gasteiger partial charge on any atom is 0.261 e. The third-order valence-corrected chi connectivity index (χ3v) is 5.21. The van der Waals surface area contributed by atoms with Crippen molar-refractivity contribution in [2.75, 3.05) is 13.2 Å². The Kier molecular flexibility index (Phi) is 8.76. The maximum atomic E-state index is 12.9. The number of nitrogens with one attached hydrogen (secondary N) is 1. The van der Waals surface area contributed by atoms with Crippen LogP contribution in [0.1, 0.15) is 31.4 Å². The smallest absolute Gasteiger partial charge is 0.261 e. The van der Waals surface area contributed by atoms with Gasteiger partial charge in [0.1, 0.15) is 11.8 Å². The molecule has 5 nitrogen and oxygen atoms in total. The molecular formula is C22H27IN2O3. The summed E-state index contributed by atoms with van der Waals surface area (Å²) in [6.07, 6.45) is 0.847. The lowest BCUT2D eigenvalue weighted by molar-refractivity contribution is -0.142. The normalized spacial score (nSPS) is 11.6. The lowest BCUT2D eigenvalue weighted by Crippen LogP contribution is -2.49. The third-order valence-electron chi connectivity index (χ3n) is 4.49. The van der Waals surface area contributed by atoms with Crippen LogP contribution in [-0.2, 0) is 16.1 Å². The molecule has 2 rings (SSSR count). The van der Waals surface area contributed by atoms with Crippen LogP contribution >= 0.6 is 22.6 Å². The fourth-order valence-electron chi connectivity index (χ4n) is 2.71. The van der Waals surface area contributed by atoms with Gasteiger partial charge in [0.15, 0.2) is 6.61 Å². The molecule has 0 fully saturated rings. The number of rotatable bonds is 9. The molecule has 0 spiro atoms. The first-order chi connectivity index (χ1) is 13.4. The number of aryl methyl sites for hydroxylation is 1. The summed E-state index contributed by atoms with van der Waals surface area (Å²) in [6.45, 7) is 6.60. The number of amides is 2. The van der Waals surface area contributed by atoms with Crippen LogP contribution in [0.15, 0.2) is 48.5 Å². The van der Waals surface area contributed by atoms with E-state index in [2.05, 4.69) is 27.9 Å². The Hall–Kier alpha value is -2.09. The Balaban J connectivity index is 2.13. The van der Waals surface area contributed by atoms with Crippen molar-refractivity contribution in [2.45, 2.75) is 39.8 Å². The maximum absolute atomic E-state index is 12.9. The first kappa shape index (κ1) is 22.2. The van der Waals surface area contributed by atoms with Crippen LogP contribution < -0.4 is 10.1 Å². The number of hydrogen-bond donors (Lipinski definition) is 1. The summed E-state index contributed by atoms with van der Waals surface area (Å²) < 4.78 is 6.75. The van der Waals surface area contributed by atoms with Crippen LogP contribution in [0.25, 0.3) is 0 Å². The minimum atomic E-state index is -0.584. The molecule has 0 unspecified atom stereocenters. The molecule has 0 aliphatic heterocycles. The van der Waals surface area contributed by atoms with Crippen molar-refractivity contribution in [3.05, 3.63) is 63.2 Å². The zero-order chi connectivity index (χ0) is 20.5. The highest BCUT2D eigenvalue weighted by molar-refractivity contribution is 14.1. The summed E-state index contributed by atoms with van der Waals surface area (Å²) in [5, 5.41) is 2.87. The Labute approximate surface area is 180 Å². The lowest BCUT2D eigenvalue weighted by Gasteiger charge is -2.29. The van der Waals surface area contributed by atoms with Crippen molar-refractivity contribution in [2.24, 2.45) is 0 Å². The van der Waals surface area contributed by atoms with Crippen molar-refractivity contribution in [1.29, 1.82) is 0 Å². The molecule has 2 aromatic carbocycles. The van der Waals surface area contributed by atoms with E-state index >= 15 is 0 Å². The minimum absolute atomic E-state index is 0.113. The highest BCUT2D eigenvalue weighted by Crippen LogP contribution is 2.16. The van der Waals surface area contributed by atoms with E-state index in [-0.39, 0.29) is 18.4 Å². The monoisotopic (exact) mass is 494 g/mol. The molecule has 1 N–H and O–H groups in total. The highest BCUT2D eigenvalue weighted by atomic mass is 127. The van der Waals surface area contributed by atoms with Gasteiger partial charge in [0.2, 0.25) is 5.91 Å². The molecule has 0 aliphatic rings. The third kappa shape index (κ3) is 6.51. The van der Waals surface area contributed by atoms with Gasteiger partial charge in [0.25, 0.3) is 5.91 Å². The first-order valence-electron chi connectivity index (χ1n) is 9.42. The molecule has 1 atom stereocenters. The second kappa shape index (κ2) is 11.0. The van der Waals surface area contributed by atoms with Crippen molar-refractivity contribution in [3.8, 4) is 5.75 Å². The average molecular weight is 494 g/mol. The predicted octanol–water partition coefficient (Wildman–Crippen LogP) is 3.92. The summed E-state index contributed by atoms with van der Waals surface area (Å²) in [6, 6.07) is 14.8. The molecule has 0 saturated heterocycles. The van der Waals surface area contributed by atoms with E-state index in [0.717, 1.165) is 21.1 Å². The molecule has 2 amide bonds. The van der Waals surface area contributed by atoms with E-state index in [9.17, 15) is 9.59 Å². The summed E-state index contributed by atoms with van der Waals surface area (Å²) in [5.74, 6) is 0.256. The standard InChI is InChI=1S/C22H27IN2O3/c1-4-13-24-22(27)17(3)25(14-18-8-6-5-7-16(18)2)21(26)15-28-20-11-9-19(23)10-12-20/h5-12,17H,4,13-15H2,1-3H3,(H,24,27)/t17-/m0/s1. The van der Waals surface area contributed by atoms with Gasteiger partial charge in [-0.15, -0.1) is 0 Å². The van der Waals surface area contributed by atoms with Gasteiger partial charge in [-0.3, -0.25) is 9.59 Å². The highest BCUT2D eigenvalue weighted by Gasteiger charge is 2.26. The van der Waals surface area contributed by atoms with Gasteiger partial charge in [-0.1, -0.05) is 31.2 Å². The second-order valence-corrected chi connectivity index (χ2v) is 7.90. The first-order valence-corrected chi connectivity index (χ1v) is 10.5. The minimum Gasteiger partial charge on any atom is -0.484 e. The number of ether oxygens (including phenoxy) is 1. The SMILES string of the molecule is CCCNC(=O)[C@H](C)N(Cc1ccccc1C)C(=O)COc1ccc(I)cc1. The zero-order valence-electron chi connectivity index (χ0n) is 16.6. The van der Waals surface area contributed by atoms with Gasteiger partial charge in [-0.2, -0.15) is 0 Å². The van der Waals surface area contributed by atoms with Crippen LogP contribution in [0.5, 0.6) is 5.75 Å². The Bertz CT molecular complexity index is 793. The van der Waals surface area contributed by atoms with E-state index in [1.54, 1.807) is 11.8 Å². The largest absolute Gasteiger partial charge is 0.484 e. The van der Waals surface area contributed by atoms with Gasteiger partial charge in [0.05, 0.1) is 0 Å². The number of carbonyl (C=O) groups is 2. The Morgan fingerprint density at radius 2 is 1.82 bits per heavy atom. The van der Waals surface area contributed by atoms with Crippen LogP contribution in [-0.4, -0.2) is 35.9 Å². The number of hydrogen-bond acceptors (Lipinski definition) is 3. The molecule has 28 heavy (non-hydrogen) atoms. The quantitative estimate of drug-likeness (QED) is 0.538.